The molecular formula is C45H86O10. The van der Waals surface area contributed by atoms with Crippen LogP contribution < -0.4 is 0 Å². The second-order valence-corrected chi connectivity index (χ2v) is 16.8. The fraction of sp³-hybridized carbons (Fsp3) is 0.956. The summed E-state index contributed by atoms with van der Waals surface area (Å²) in [6, 6.07) is 0. The fourth-order valence-corrected chi connectivity index (χ4v) is 8.05. The average molecular weight is 787 g/mol. The summed E-state index contributed by atoms with van der Waals surface area (Å²) in [4.78, 5) is 26.7. The number of rotatable bonds is 38. The zero-order chi connectivity index (χ0) is 40.7. The standard InChI is InChI=1S/C45H86O10/c1-3-5-7-9-11-13-15-17-19-21-23-25-27-29-31-33-36(47)39(49)43(53)45(54,44-42(52)41(51)40(50)37(35-46)55-44)38(48)34-32-30-28-26-24-22-20-18-16-14-12-10-8-6-4-2/h37,39-44,46,49-54H,3-35H2,1-2H3/t37-,39?,40-,41+,42-,43?,44-,45?/m1/s1. The Balaban J connectivity index is 2.54. The van der Waals surface area contributed by atoms with Crippen LogP contribution in [0.15, 0.2) is 0 Å². The highest BCUT2D eigenvalue weighted by atomic mass is 16.6. The second kappa shape index (κ2) is 32.9. The number of hydrogen-bond acceptors (Lipinski definition) is 10. The van der Waals surface area contributed by atoms with Gasteiger partial charge in [0.1, 0.15) is 42.7 Å². The van der Waals surface area contributed by atoms with Gasteiger partial charge in [0.05, 0.1) is 6.61 Å². The van der Waals surface area contributed by atoms with Crippen molar-refractivity contribution in [2.45, 2.75) is 268 Å². The highest BCUT2D eigenvalue weighted by Crippen LogP contribution is 2.34. The predicted octanol–water partition coefficient (Wildman–Crippen LogP) is 7.94. The Kier molecular flexibility index (Phi) is 31.1. The van der Waals surface area contributed by atoms with E-state index in [1.807, 2.05) is 0 Å². The van der Waals surface area contributed by atoms with Gasteiger partial charge in [0.25, 0.3) is 0 Å². The molecule has 326 valence electrons. The Bertz CT molecular complexity index is 931. The summed E-state index contributed by atoms with van der Waals surface area (Å²) >= 11 is 0. The number of hydrogen-bond donors (Lipinski definition) is 7. The van der Waals surface area contributed by atoms with Crippen molar-refractivity contribution in [2.75, 3.05) is 6.61 Å². The number of ether oxygens (including phenoxy) is 1. The number of ketones is 2. The minimum Gasteiger partial charge on any atom is -0.394 e. The maximum atomic E-state index is 13.7. The number of carbonyl (C=O) groups is 2. The monoisotopic (exact) mass is 787 g/mol. The van der Waals surface area contributed by atoms with Gasteiger partial charge in [0.15, 0.2) is 17.2 Å². The molecule has 10 heteroatoms. The van der Waals surface area contributed by atoms with E-state index in [2.05, 4.69) is 13.8 Å². The molecule has 10 nitrogen and oxygen atoms in total. The first kappa shape index (κ1) is 52.0. The molecular weight excluding hydrogens is 700 g/mol. The Morgan fingerprint density at radius 1 is 0.509 bits per heavy atom. The van der Waals surface area contributed by atoms with Crippen LogP contribution in [0.25, 0.3) is 0 Å². The summed E-state index contributed by atoms with van der Waals surface area (Å²) < 4.78 is 5.52. The maximum Gasteiger partial charge on any atom is 0.180 e. The molecule has 0 aromatic rings. The van der Waals surface area contributed by atoms with Gasteiger partial charge in [-0.25, -0.2) is 0 Å². The zero-order valence-electron chi connectivity index (χ0n) is 35.2. The van der Waals surface area contributed by atoms with Crippen molar-refractivity contribution in [3.05, 3.63) is 0 Å². The number of unbranched alkanes of at least 4 members (excludes halogenated alkanes) is 28. The van der Waals surface area contributed by atoms with Gasteiger partial charge in [0.2, 0.25) is 0 Å². The molecule has 1 aliphatic rings. The molecule has 1 fully saturated rings. The predicted molar refractivity (Wildman–Crippen MR) is 220 cm³/mol. The first-order valence-electron chi connectivity index (χ1n) is 23.0. The quantitative estimate of drug-likeness (QED) is 0.0303. The van der Waals surface area contributed by atoms with Crippen LogP contribution in [0, 0.1) is 0 Å². The van der Waals surface area contributed by atoms with Crippen molar-refractivity contribution >= 4 is 11.6 Å². The minimum absolute atomic E-state index is 0.0610. The van der Waals surface area contributed by atoms with Gasteiger partial charge in [-0.1, -0.05) is 194 Å². The molecule has 7 N–H and O–H groups in total. The molecule has 1 rings (SSSR count). The van der Waals surface area contributed by atoms with Crippen molar-refractivity contribution < 1.29 is 50.1 Å². The highest BCUT2D eigenvalue weighted by Gasteiger charge is 2.60. The first-order valence-corrected chi connectivity index (χ1v) is 23.0. The Labute approximate surface area is 335 Å². The average Bonchev–Trinajstić information content (AvgIpc) is 3.18. The molecule has 1 aliphatic heterocycles. The van der Waals surface area contributed by atoms with Crippen LogP contribution in [0.5, 0.6) is 0 Å². The largest absolute Gasteiger partial charge is 0.394 e. The van der Waals surface area contributed by atoms with Gasteiger partial charge >= 0.3 is 0 Å². The van der Waals surface area contributed by atoms with Gasteiger partial charge in [-0.05, 0) is 12.8 Å². The lowest BCUT2D eigenvalue weighted by Crippen LogP contribution is -2.72. The van der Waals surface area contributed by atoms with Crippen LogP contribution in [-0.4, -0.2) is 102 Å². The molecule has 3 unspecified atom stereocenters. The van der Waals surface area contributed by atoms with E-state index in [0.29, 0.717) is 19.3 Å². The van der Waals surface area contributed by atoms with Gasteiger partial charge < -0.3 is 40.5 Å². The molecule has 0 saturated carbocycles. The van der Waals surface area contributed by atoms with E-state index in [9.17, 15) is 45.3 Å². The van der Waals surface area contributed by atoms with E-state index in [4.69, 9.17) is 4.74 Å². The molecule has 8 atom stereocenters. The normalized spacial score (nSPS) is 22.4. The molecule has 0 radical (unpaired) electrons. The van der Waals surface area contributed by atoms with Crippen molar-refractivity contribution in [3.8, 4) is 0 Å². The lowest BCUT2D eigenvalue weighted by Gasteiger charge is -2.48. The highest BCUT2D eigenvalue weighted by molar-refractivity contribution is 5.91. The van der Waals surface area contributed by atoms with E-state index in [1.165, 1.54) is 128 Å². The summed E-state index contributed by atoms with van der Waals surface area (Å²) in [5.41, 5.74) is -2.98. The van der Waals surface area contributed by atoms with Crippen molar-refractivity contribution in [2.24, 2.45) is 0 Å². The van der Waals surface area contributed by atoms with E-state index in [1.54, 1.807) is 0 Å². The van der Waals surface area contributed by atoms with Gasteiger partial charge in [0, 0.05) is 12.8 Å². The van der Waals surface area contributed by atoms with Crippen molar-refractivity contribution in [3.63, 3.8) is 0 Å². The Morgan fingerprint density at radius 3 is 1.18 bits per heavy atom. The van der Waals surface area contributed by atoms with Crippen LogP contribution in [0.2, 0.25) is 0 Å². The van der Waals surface area contributed by atoms with Crippen LogP contribution in [-0.2, 0) is 14.3 Å². The smallest absolute Gasteiger partial charge is 0.180 e. The Morgan fingerprint density at radius 2 is 0.836 bits per heavy atom. The number of aliphatic hydroxyl groups excluding tert-OH is 6. The molecule has 0 aromatic heterocycles. The molecule has 1 saturated heterocycles. The third kappa shape index (κ3) is 21.0. The van der Waals surface area contributed by atoms with E-state index < -0.39 is 66.5 Å². The number of carbonyl (C=O) groups excluding carboxylic acids is 2. The van der Waals surface area contributed by atoms with Gasteiger partial charge in [-0.2, -0.15) is 0 Å². The van der Waals surface area contributed by atoms with E-state index >= 15 is 0 Å². The molecule has 0 amide bonds. The minimum atomic E-state index is -2.98. The lowest BCUT2D eigenvalue weighted by atomic mass is 9.75. The SMILES string of the molecule is CCCCCCCCCCCCCCCCCC(=O)C(O)C(O)C(O)(C(=O)CCCCCCCCCCCCCCCCC)[C@@H]1O[C@H](CO)[C@@H](O)[C@H](O)[C@H]1O. The summed E-state index contributed by atoms with van der Waals surface area (Å²) in [7, 11) is 0. The molecule has 0 bridgehead atoms. The van der Waals surface area contributed by atoms with Gasteiger partial charge in [-0.3, -0.25) is 9.59 Å². The fourth-order valence-electron chi connectivity index (χ4n) is 8.05. The maximum absolute atomic E-state index is 13.7. The van der Waals surface area contributed by atoms with E-state index in [-0.39, 0.29) is 12.8 Å². The third-order valence-electron chi connectivity index (χ3n) is 11.9. The van der Waals surface area contributed by atoms with Crippen molar-refractivity contribution in [1.29, 1.82) is 0 Å². The molecule has 0 aliphatic carbocycles. The summed E-state index contributed by atoms with van der Waals surface area (Å²) in [6.07, 6.45) is 20.4. The van der Waals surface area contributed by atoms with Crippen LogP contribution in [0.1, 0.15) is 219 Å². The van der Waals surface area contributed by atoms with Crippen LogP contribution in [0.3, 0.4) is 0 Å². The summed E-state index contributed by atoms with van der Waals surface area (Å²) in [6.45, 7) is 3.67. The first-order chi connectivity index (χ1) is 26.6. The van der Waals surface area contributed by atoms with Crippen LogP contribution in [0.4, 0.5) is 0 Å². The molecule has 0 aromatic carbocycles. The number of aliphatic hydroxyl groups is 7. The molecule has 0 spiro atoms. The molecule has 55 heavy (non-hydrogen) atoms. The third-order valence-corrected chi connectivity index (χ3v) is 11.9. The Hall–Kier alpha value is -0.980. The topological polar surface area (TPSA) is 185 Å². The molecule has 1 heterocycles. The summed E-state index contributed by atoms with van der Waals surface area (Å²) in [5.74, 6) is -1.69. The zero-order valence-corrected chi connectivity index (χ0v) is 35.2. The van der Waals surface area contributed by atoms with Crippen LogP contribution >= 0.6 is 0 Å². The number of Topliss-reactive ketones (excluding diaryl/α,β-unsaturated/α-hetero) is 2. The van der Waals surface area contributed by atoms with E-state index in [0.717, 1.165) is 44.9 Å². The van der Waals surface area contributed by atoms with Gasteiger partial charge in [-0.15, -0.1) is 0 Å². The second-order valence-electron chi connectivity index (χ2n) is 16.8. The summed E-state index contributed by atoms with van der Waals surface area (Å²) in [5, 5.41) is 75.3. The van der Waals surface area contributed by atoms with Crippen molar-refractivity contribution in [1.82, 2.24) is 0 Å². The lowest BCUT2D eigenvalue weighted by molar-refractivity contribution is -0.282.